The topological polar surface area (TPSA) is 68.0 Å². The van der Waals surface area contributed by atoms with Crippen molar-refractivity contribution in [2.75, 3.05) is 0 Å². The van der Waals surface area contributed by atoms with Crippen LogP contribution in [0.4, 0.5) is 0 Å². The molecule has 5 nitrogen and oxygen atoms in total. The summed E-state index contributed by atoms with van der Waals surface area (Å²) in [6.07, 6.45) is 2.29. The number of nitrogens with zero attached hydrogens (tertiary/aromatic N) is 2. The van der Waals surface area contributed by atoms with Crippen LogP contribution in [0, 0.1) is 0 Å². The zero-order valence-electron chi connectivity index (χ0n) is 11.4. The number of fused-ring (bicyclic) bond motifs is 2. The van der Waals surface area contributed by atoms with Crippen molar-refractivity contribution in [3.8, 4) is 0 Å². The molecule has 102 valence electrons. The third-order valence-corrected chi connectivity index (χ3v) is 3.32. The van der Waals surface area contributed by atoms with Crippen LogP contribution in [0.15, 0.2) is 34.9 Å². The molecule has 20 heavy (non-hydrogen) atoms. The maximum atomic E-state index is 12.2. The predicted octanol–water partition coefficient (Wildman–Crippen LogP) is 2.90. The van der Waals surface area contributed by atoms with Gasteiger partial charge in [-0.1, -0.05) is 19.1 Å². The molecule has 2 aromatic heterocycles. The first-order chi connectivity index (χ1) is 9.69. The first-order valence-electron chi connectivity index (χ1n) is 6.64. The van der Waals surface area contributed by atoms with E-state index in [4.69, 9.17) is 4.42 Å². The second-order valence-corrected chi connectivity index (χ2v) is 4.80. The fourth-order valence-corrected chi connectivity index (χ4v) is 1.98. The minimum absolute atomic E-state index is 0.112. The monoisotopic (exact) mass is 269 g/mol. The van der Waals surface area contributed by atoms with E-state index in [0.717, 1.165) is 17.5 Å². The van der Waals surface area contributed by atoms with Gasteiger partial charge in [0.05, 0.1) is 11.0 Å². The number of amides is 1. The number of para-hydroxylation sites is 2. The van der Waals surface area contributed by atoms with E-state index in [0.29, 0.717) is 16.8 Å². The zero-order valence-corrected chi connectivity index (χ0v) is 11.4. The first kappa shape index (κ1) is 12.6. The summed E-state index contributed by atoms with van der Waals surface area (Å²) in [6.45, 7) is 3.98. The number of hydrogen-bond donors (Lipinski definition) is 1. The van der Waals surface area contributed by atoms with Crippen molar-refractivity contribution in [1.82, 2.24) is 15.3 Å². The van der Waals surface area contributed by atoms with Crippen LogP contribution in [0.2, 0.25) is 0 Å². The molecule has 2 heterocycles. The van der Waals surface area contributed by atoms with Crippen molar-refractivity contribution < 1.29 is 9.21 Å². The Kier molecular flexibility index (Phi) is 3.10. The van der Waals surface area contributed by atoms with E-state index >= 15 is 0 Å². The minimum Gasteiger partial charge on any atom is -0.444 e. The normalized spacial score (nSPS) is 12.7. The lowest BCUT2D eigenvalue weighted by Gasteiger charge is -2.09. The first-order valence-corrected chi connectivity index (χ1v) is 6.64. The Bertz CT molecular complexity index is 779. The van der Waals surface area contributed by atoms with Crippen molar-refractivity contribution in [3.63, 3.8) is 0 Å². The highest BCUT2D eigenvalue weighted by atomic mass is 16.3. The Morgan fingerprint density at radius 3 is 2.70 bits per heavy atom. The molecule has 1 unspecified atom stereocenters. The molecule has 0 bridgehead atoms. The summed E-state index contributed by atoms with van der Waals surface area (Å²) in [4.78, 5) is 21.0. The van der Waals surface area contributed by atoms with Gasteiger partial charge in [0.1, 0.15) is 17.3 Å². The fourth-order valence-electron chi connectivity index (χ4n) is 1.98. The summed E-state index contributed by atoms with van der Waals surface area (Å²) >= 11 is 0. The van der Waals surface area contributed by atoms with Gasteiger partial charge in [0.15, 0.2) is 0 Å². The molecule has 1 aromatic carbocycles. The average molecular weight is 269 g/mol. The van der Waals surface area contributed by atoms with Crippen molar-refractivity contribution in [2.45, 2.75) is 26.3 Å². The van der Waals surface area contributed by atoms with E-state index < -0.39 is 0 Å². The van der Waals surface area contributed by atoms with E-state index in [1.165, 1.54) is 6.26 Å². The Balaban J connectivity index is 2.08. The molecule has 3 aromatic rings. The minimum atomic E-state index is -0.178. The van der Waals surface area contributed by atoms with Crippen molar-refractivity contribution in [1.29, 1.82) is 0 Å². The molecule has 5 heteroatoms. The van der Waals surface area contributed by atoms with Crippen LogP contribution in [-0.4, -0.2) is 21.9 Å². The molecule has 0 aliphatic heterocycles. The van der Waals surface area contributed by atoms with Crippen LogP contribution in [0.3, 0.4) is 0 Å². The van der Waals surface area contributed by atoms with Gasteiger partial charge in [0.2, 0.25) is 5.71 Å². The molecular formula is C15H15N3O2. The van der Waals surface area contributed by atoms with E-state index in [9.17, 15) is 4.79 Å². The van der Waals surface area contributed by atoms with Crippen LogP contribution in [0.1, 0.15) is 30.6 Å². The Morgan fingerprint density at radius 2 is 2.00 bits per heavy atom. The summed E-state index contributed by atoms with van der Waals surface area (Å²) in [5.74, 6) is -0.178. The number of carbonyl (C=O) groups is 1. The molecule has 0 aliphatic rings. The van der Waals surface area contributed by atoms with Gasteiger partial charge in [-0.3, -0.25) is 4.79 Å². The lowest BCUT2D eigenvalue weighted by molar-refractivity contribution is 0.0940. The highest BCUT2D eigenvalue weighted by molar-refractivity contribution is 6.05. The van der Waals surface area contributed by atoms with E-state index in [2.05, 4.69) is 15.3 Å². The van der Waals surface area contributed by atoms with Gasteiger partial charge >= 0.3 is 0 Å². The lowest BCUT2D eigenvalue weighted by Crippen LogP contribution is -2.31. The van der Waals surface area contributed by atoms with Crippen molar-refractivity contribution in [2.24, 2.45) is 0 Å². The van der Waals surface area contributed by atoms with Gasteiger partial charge in [-0.15, -0.1) is 0 Å². The van der Waals surface area contributed by atoms with Gasteiger partial charge in [0, 0.05) is 6.04 Å². The maximum Gasteiger partial charge on any atom is 0.257 e. The highest BCUT2D eigenvalue weighted by Gasteiger charge is 2.17. The zero-order chi connectivity index (χ0) is 14.1. The predicted molar refractivity (Wildman–Crippen MR) is 76.5 cm³/mol. The molecule has 0 radical (unpaired) electrons. The lowest BCUT2D eigenvalue weighted by atomic mass is 10.2. The average Bonchev–Trinajstić information content (AvgIpc) is 2.87. The van der Waals surface area contributed by atoms with E-state index in [1.54, 1.807) is 0 Å². The van der Waals surface area contributed by atoms with Crippen LogP contribution >= 0.6 is 0 Å². The maximum absolute atomic E-state index is 12.2. The van der Waals surface area contributed by atoms with Crippen LogP contribution < -0.4 is 5.32 Å². The smallest absolute Gasteiger partial charge is 0.257 e. The standard InChI is InChI=1S/C15H15N3O2/c1-3-9(2)16-14(19)10-8-20-15-13(10)17-11-6-4-5-7-12(11)18-15/h4-9H,3H2,1-2H3,(H,16,19). The summed E-state index contributed by atoms with van der Waals surface area (Å²) in [5, 5.41) is 2.91. The van der Waals surface area contributed by atoms with Crippen LogP contribution in [0.25, 0.3) is 22.3 Å². The van der Waals surface area contributed by atoms with Crippen LogP contribution in [0.5, 0.6) is 0 Å². The molecule has 0 saturated carbocycles. The third-order valence-electron chi connectivity index (χ3n) is 3.32. The third kappa shape index (κ3) is 2.11. The van der Waals surface area contributed by atoms with Gasteiger partial charge in [0.25, 0.3) is 5.91 Å². The Labute approximate surface area is 116 Å². The molecular weight excluding hydrogens is 254 g/mol. The Morgan fingerprint density at radius 1 is 1.30 bits per heavy atom. The number of nitrogens with one attached hydrogen (secondary N) is 1. The fraction of sp³-hybridized carbons (Fsp3) is 0.267. The molecule has 1 atom stereocenters. The number of furan rings is 1. The van der Waals surface area contributed by atoms with Crippen molar-refractivity contribution >= 4 is 28.2 Å². The molecule has 3 rings (SSSR count). The number of rotatable bonds is 3. The van der Waals surface area contributed by atoms with Crippen LogP contribution in [-0.2, 0) is 0 Å². The number of aromatic nitrogens is 2. The van der Waals surface area contributed by atoms with E-state index in [1.807, 2.05) is 38.1 Å². The molecule has 0 fully saturated rings. The summed E-state index contributed by atoms with van der Waals surface area (Å²) in [6, 6.07) is 7.62. The summed E-state index contributed by atoms with van der Waals surface area (Å²) < 4.78 is 5.36. The Hall–Kier alpha value is -2.43. The molecule has 0 spiro atoms. The largest absolute Gasteiger partial charge is 0.444 e. The van der Waals surface area contributed by atoms with Gasteiger partial charge < -0.3 is 9.73 Å². The quantitative estimate of drug-likeness (QED) is 0.793. The molecule has 0 aliphatic carbocycles. The van der Waals surface area contributed by atoms with E-state index in [-0.39, 0.29) is 11.9 Å². The molecule has 1 amide bonds. The van der Waals surface area contributed by atoms with Crippen molar-refractivity contribution in [3.05, 3.63) is 36.1 Å². The van der Waals surface area contributed by atoms with Gasteiger partial charge in [-0.2, -0.15) is 0 Å². The second kappa shape index (κ2) is 4.92. The molecule has 1 N–H and O–H groups in total. The second-order valence-electron chi connectivity index (χ2n) is 4.80. The van der Waals surface area contributed by atoms with Gasteiger partial charge in [-0.25, -0.2) is 9.97 Å². The summed E-state index contributed by atoms with van der Waals surface area (Å²) in [7, 11) is 0. The number of carbonyl (C=O) groups excluding carboxylic acids is 1. The number of benzene rings is 1. The van der Waals surface area contributed by atoms with Gasteiger partial charge in [-0.05, 0) is 25.5 Å². The molecule has 0 saturated heterocycles. The summed E-state index contributed by atoms with van der Waals surface area (Å²) in [5.41, 5.74) is 2.82. The SMILES string of the molecule is CCC(C)NC(=O)c1coc2nc3ccccc3nc12. The number of hydrogen-bond acceptors (Lipinski definition) is 4. The highest BCUT2D eigenvalue weighted by Crippen LogP contribution is 2.21.